The number of carbonyl (C=O) groups is 1. The third kappa shape index (κ3) is 2.98. The van der Waals surface area contributed by atoms with Gasteiger partial charge in [-0.1, -0.05) is 29.8 Å². The van der Waals surface area contributed by atoms with Crippen molar-refractivity contribution in [3.8, 4) is 11.5 Å². The fourth-order valence-corrected chi connectivity index (χ4v) is 3.69. The minimum atomic E-state index is -1.07. The molecule has 0 spiro atoms. The Labute approximate surface area is 147 Å². The summed E-state index contributed by atoms with van der Waals surface area (Å²) in [5, 5.41) is 10.5. The molecule has 0 fully saturated rings. The Morgan fingerprint density at radius 3 is 2.58 bits per heavy atom. The molecule has 2 aromatic carbocycles. The molecule has 0 radical (unpaired) electrons. The number of carboxylic acid groups (broad SMARTS) is 1. The first-order chi connectivity index (χ1) is 11.5. The molecule has 7 heteroatoms. The monoisotopic (exact) mass is 363 g/mol. The van der Waals surface area contributed by atoms with E-state index in [9.17, 15) is 9.90 Å². The lowest BCUT2D eigenvalue weighted by Crippen LogP contribution is -1.99. The Morgan fingerprint density at radius 1 is 1.25 bits per heavy atom. The molecule has 1 heterocycles. The summed E-state index contributed by atoms with van der Waals surface area (Å²) in [6.45, 7) is 0.295. The molecule has 3 rings (SSSR count). The number of nitrogen functional groups attached to an aromatic ring is 1. The van der Waals surface area contributed by atoms with Gasteiger partial charge in [0.2, 0.25) is 0 Å². The average Bonchev–Trinajstić information content (AvgIpc) is 2.90. The average molecular weight is 364 g/mol. The van der Waals surface area contributed by atoms with Crippen molar-refractivity contribution in [1.29, 1.82) is 0 Å². The number of fused-ring (bicyclic) bond motifs is 1. The number of rotatable bonds is 5. The maximum absolute atomic E-state index is 11.4. The minimum absolute atomic E-state index is 0.0842. The molecule has 5 nitrogen and oxygen atoms in total. The van der Waals surface area contributed by atoms with E-state index in [0.717, 1.165) is 22.6 Å². The number of hydrogen-bond donors (Lipinski definition) is 2. The van der Waals surface area contributed by atoms with Crippen LogP contribution in [0.15, 0.2) is 36.4 Å². The van der Waals surface area contributed by atoms with Gasteiger partial charge in [-0.2, -0.15) is 0 Å². The van der Waals surface area contributed by atoms with E-state index in [1.165, 1.54) is 0 Å². The Morgan fingerprint density at radius 2 is 1.96 bits per heavy atom. The van der Waals surface area contributed by atoms with E-state index in [0.29, 0.717) is 27.5 Å². The number of benzene rings is 2. The SMILES string of the molecule is COc1ccc(COc2c(Cl)ccc3c(C(=O)O)c(N)sc23)cc1. The number of hydrogen-bond acceptors (Lipinski definition) is 5. The van der Waals surface area contributed by atoms with Crippen LogP contribution in [-0.4, -0.2) is 18.2 Å². The third-order valence-corrected chi connectivity index (χ3v) is 4.88. The molecule has 1 aromatic heterocycles. The number of nitrogens with two attached hydrogens (primary N) is 1. The van der Waals surface area contributed by atoms with Crippen LogP contribution in [0, 0.1) is 0 Å². The van der Waals surface area contributed by atoms with E-state index < -0.39 is 5.97 Å². The third-order valence-electron chi connectivity index (χ3n) is 3.55. The van der Waals surface area contributed by atoms with Crippen LogP contribution in [0.25, 0.3) is 10.1 Å². The van der Waals surface area contributed by atoms with E-state index in [4.69, 9.17) is 26.8 Å². The first-order valence-corrected chi connectivity index (χ1v) is 8.20. The molecule has 0 aliphatic carbocycles. The van der Waals surface area contributed by atoms with Crippen LogP contribution in [0.3, 0.4) is 0 Å². The summed E-state index contributed by atoms with van der Waals surface area (Å²) in [7, 11) is 1.60. The standard InChI is InChI=1S/C17H14ClNO4S/c1-22-10-4-2-9(3-5-10)8-23-14-12(18)7-6-11-13(17(20)21)16(19)24-15(11)14/h2-7H,8,19H2,1H3,(H,20,21). The summed E-state index contributed by atoms with van der Waals surface area (Å²) >= 11 is 7.39. The molecule has 0 atom stereocenters. The van der Waals surface area contributed by atoms with Crippen molar-refractivity contribution >= 4 is 44.0 Å². The molecular weight excluding hydrogens is 350 g/mol. The molecular formula is C17H14ClNO4S. The van der Waals surface area contributed by atoms with Crippen molar-refractivity contribution in [2.45, 2.75) is 6.61 Å². The van der Waals surface area contributed by atoms with Crippen LogP contribution >= 0.6 is 22.9 Å². The molecule has 0 bridgehead atoms. The van der Waals surface area contributed by atoms with Crippen molar-refractivity contribution < 1.29 is 19.4 Å². The maximum Gasteiger partial charge on any atom is 0.339 e. The summed E-state index contributed by atoms with van der Waals surface area (Å²) in [5.41, 5.74) is 6.86. The van der Waals surface area contributed by atoms with Crippen molar-refractivity contribution in [3.63, 3.8) is 0 Å². The van der Waals surface area contributed by atoms with E-state index in [1.807, 2.05) is 24.3 Å². The van der Waals surface area contributed by atoms with Gasteiger partial charge in [0.1, 0.15) is 22.9 Å². The smallest absolute Gasteiger partial charge is 0.339 e. The van der Waals surface area contributed by atoms with E-state index in [1.54, 1.807) is 19.2 Å². The molecule has 0 aliphatic rings. The lowest BCUT2D eigenvalue weighted by Gasteiger charge is -2.10. The molecule has 3 aromatic rings. The van der Waals surface area contributed by atoms with Gasteiger partial charge in [0, 0.05) is 5.39 Å². The summed E-state index contributed by atoms with van der Waals surface area (Å²) in [6, 6.07) is 10.7. The second-order valence-electron chi connectivity index (χ2n) is 5.04. The van der Waals surface area contributed by atoms with Gasteiger partial charge in [-0.25, -0.2) is 4.79 Å². The maximum atomic E-state index is 11.4. The van der Waals surface area contributed by atoms with Crippen LogP contribution in [0.1, 0.15) is 15.9 Å². The highest BCUT2D eigenvalue weighted by molar-refractivity contribution is 7.23. The van der Waals surface area contributed by atoms with Gasteiger partial charge in [0.15, 0.2) is 5.75 Å². The van der Waals surface area contributed by atoms with Crippen LogP contribution < -0.4 is 15.2 Å². The lowest BCUT2D eigenvalue weighted by atomic mass is 10.1. The van der Waals surface area contributed by atoms with Crippen molar-refractivity contribution in [2.24, 2.45) is 0 Å². The molecule has 0 saturated heterocycles. The highest BCUT2D eigenvalue weighted by Gasteiger charge is 2.20. The minimum Gasteiger partial charge on any atom is -0.497 e. The van der Waals surface area contributed by atoms with Gasteiger partial charge in [-0.05, 0) is 23.8 Å². The van der Waals surface area contributed by atoms with Gasteiger partial charge in [-0.15, -0.1) is 11.3 Å². The second-order valence-corrected chi connectivity index (χ2v) is 6.50. The van der Waals surface area contributed by atoms with Gasteiger partial charge in [-0.3, -0.25) is 0 Å². The number of halogens is 1. The summed E-state index contributed by atoms with van der Waals surface area (Å²) in [6.07, 6.45) is 0. The zero-order valence-corrected chi connectivity index (χ0v) is 14.3. The number of anilines is 1. The van der Waals surface area contributed by atoms with E-state index >= 15 is 0 Å². The summed E-state index contributed by atoms with van der Waals surface area (Å²) in [4.78, 5) is 11.4. The van der Waals surface area contributed by atoms with E-state index in [-0.39, 0.29) is 10.6 Å². The zero-order chi connectivity index (χ0) is 17.3. The quantitative estimate of drug-likeness (QED) is 0.701. The fourth-order valence-electron chi connectivity index (χ4n) is 2.36. The topological polar surface area (TPSA) is 81.8 Å². The van der Waals surface area contributed by atoms with Crippen LogP contribution in [0.4, 0.5) is 5.00 Å². The molecule has 24 heavy (non-hydrogen) atoms. The van der Waals surface area contributed by atoms with Gasteiger partial charge >= 0.3 is 5.97 Å². The highest BCUT2D eigenvalue weighted by Crippen LogP contribution is 2.43. The molecule has 124 valence electrons. The second kappa shape index (κ2) is 6.59. The Balaban J connectivity index is 1.94. The predicted molar refractivity (Wildman–Crippen MR) is 95.5 cm³/mol. The molecule has 0 saturated carbocycles. The Kier molecular flexibility index (Phi) is 4.51. The highest BCUT2D eigenvalue weighted by atomic mass is 35.5. The molecule has 0 amide bonds. The molecule has 0 aliphatic heterocycles. The van der Waals surface area contributed by atoms with Crippen LogP contribution in [0.5, 0.6) is 11.5 Å². The number of carboxylic acids is 1. The first kappa shape index (κ1) is 16.4. The van der Waals surface area contributed by atoms with Crippen molar-refractivity contribution in [1.82, 2.24) is 0 Å². The first-order valence-electron chi connectivity index (χ1n) is 7.00. The number of thiophene rings is 1. The predicted octanol–water partition coefficient (Wildman–Crippen LogP) is 4.42. The summed E-state index contributed by atoms with van der Waals surface area (Å²) in [5.74, 6) is 0.132. The summed E-state index contributed by atoms with van der Waals surface area (Å²) < 4.78 is 11.6. The van der Waals surface area contributed by atoms with Crippen LogP contribution in [0.2, 0.25) is 5.02 Å². The largest absolute Gasteiger partial charge is 0.497 e. The Hall–Kier alpha value is -2.44. The van der Waals surface area contributed by atoms with Crippen molar-refractivity contribution in [2.75, 3.05) is 12.8 Å². The molecule has 3 N–H and O–H groups in total. The normalized spacial score (nSPS) is 10.8. The van der Waals surface area contributed by atoms with Gasteiger partial charge in [0.25, 0.3) is 0 Å². The number of methoxy groups -OCH3 is 1. The number of ether oxygens (including phenoxy) is 2. The number of aromatic carboxylic acids is 1. The fraction of sp³-hybridized carbons (Fsp3) is 0.118. The van der Waals surface area contributed by atoms with E-state index in [2.05, 4.69) is 0 Å². The van der Waals surface area contributed by atoms with Gasteiger partial charge in [0.05, 0.1) is 16.8 Å². The molecule has 0 unspecified atom stereocenters. The zero-order valence-electron chi connectivity index (χ0n) is 12.7. The van der Waals surface area contributed by atoms with Crippen LogP contribution in [-0.2, 0) is 6.61 Å². The lowest BCUT2D eigenvalue weighted by molar-refractivity contribution is 0.0700. The Bertz CT molecular complexity index is 905. The van der Waals surface area contributed by atoms with Crippen molar-refractivity contribution in [3.05, 3.63) is 52.5 Å². The van der Waals surface area contributed by atoms with Gasteiger partial charge < -0.3 is 20.3 Å².